The molecule has 0 aliphatic carbocycles. The van der Waals surface area contributed by atoms with Gasteiger partial charge >= 0.3 is 0 Å². The van der Waals surface area contributed by atoms with E-state index >= 15 is 0 Å². The van der Waals surface area contributed by atoms with Crippen LogP contribution in [-0.4, -0.2) is 28.8 Å². The molecule has 1 amide bonds. The van der Waals surface area contributed by atoms with Crippen molar-refractivity contribution in [3.63, 3.8) is 0 Å². The van der Waals surface area contributed by atoms with Crippen LogP contribution in [0.1, 0.15) is 35.3 Å². The fourth-order valence-corrected chi connectivity index (χ4v) is 2.61. The van der Waals surface area contributed by atoms with Crippen LogP contribution in [0.2, 0.25) is 0 Å². The van der Waals surface area contributed by atoms with Gasteiger partial charge < -0.3 is 5.32 Å². The smallest absolute Gasteiger partial charge is 0.272 e. The molecule has 0 spiro atoms. The molecule has 0 fully saturated rings. The average molecular weight is 341 g/mol. The first-order valence-corrected chi connectivity index (χ1v) is 8.32. The first-order chi connectivity index (χ1) is 11.9. The van der Waals surface area contributed by atoms with Crippen molar-refractivity contribution < 1.29 is 9.72 Å². The number of nitro groups is 1. The second-order valence-electron chi connectivity index (χ2n) is 5.87. The van der Waals surface area contributed by atoms with E-state index in [-0.39, 0.29) is 11.6 Å². The lowest BCUT2D eigenvalue weighted by Gasteiger charge is -2.18. The first kappa shape index (κ1) is 18.6. The van der Waals surface area contributed by atoms with Crippen LogP contribution in [0.4, 0.5) is 11.4 Å². The monoisotopic (exact) mass is 341 g/mol. The maximum Gasteiger partial charge on any atom is 0.272 e. The van der Waals surface area contributed by atoms with Crippen LogP contribution in [0.25, 0.3) is 0 Å². The maximum absolute atomic E-state index is 12.3. The number of anilines is 1. The summed E-state index contributed by atoms with van der Waals surface area (Å²) in [5, 5.41) is 13.6. The molecule has 6 nitrogen and oxygen atoms in total. The van der Waals surface area contributed by atoms with Gasteiger partial charge in [-0.3, -0.25) is 19.8 Å². The fraction of sp³-hybridized carbons (Fsp3) is 0.316. The third-order valence-corrected chi connectivity index (χ3v) is 4.17. The molecule has 0 bridgehead atoms. The molecule has 0 radical (unpaired) electrons. The van der Waals surface area contributed by atoms with Gasteiger partial charge in [0, 0.05) is 29.4 Å². The van der Waals surface area contributed by atoms with Gasteiger partial charge in [0.15, 0.2) is 0 Å². The highest BCUT2D eigenvalue weighted by atomic mass is 16.6. The summed E-state index contributed by atoms with van der Waals surface area (Å²) in [5.41, 5.74) is 2.81. The number of hydrogen-bond donors (Lipinski definition) is 1. The lowest BCUT2D eigenvalue weighted by molar-refractivity contribution is -0.385. The predicted octanol–water partition coefficient (Wildman–Crippen LogP) is 4.00. The van der Waals surface area contributed by atoms with Gasteiger partial charge in [-0.05, 0) is 49.8 Å². The Kier molecular flexibility index (Phi) is 6.25. The van der Waals surface area contributed by atoms with Crippen LogP contribution in [0, 0.1) is 17.0 Å². The van der Waals surface area contributed by atoms with Crippen molar-refractivity contribution in [3.8, 4) is 0 Å². The van der Waals surface area contributed by atoms with E-state index in [2.05, 4.69) is 24.1 Å². The Balaban J connectivity index is 2.06. The van der Waals surface area contributed by atoms with Crippen molar-refractivity contribution in [3.05, 3.63) is 69.3 Å². The number of nitrogens with zero attached hydrogens (tertiary/aromatic N) is 2. The lowest BCUT2D eigenvalue weighted by Crippen LogP contribution is -2.22. The Morgan fingerprint density at radius 1 is 1.12 bits per heavy atom. The molecular formula is C19H23N3O3. The molecule has 132 valence electrons. The van der Waals surface area contributed by atoms with Crippen LogP contribution in [0.3, 0.4) is 0 Å². The first-order valence-electron chi connectivity index (χ1n) is 8.32. The fourth-order valence-electron chi connectivity index (χ4n) is 2.61. The quantitative estimate of drug-likeness (QED) is 0.610. The largest absolute Gasteiger partial charge is 0.322 e. The van der Waals surface area contributed by atoms with E-state index in [1.54, 1.807) is 25.1 Å². The van der Waals surface area contributed by atoms with Gasteiger partial charge in [0.05, 0.1) is 4.92 Å². The van der Waals surface area contributed by atoms with E-state index in [4.69, 9.17) is 0 Å². The molecule has 0 saturated carbocycles. The molecule has 0 heterocycles. The van der Waals surface area contributed by atoms with Gasteiger partial charge in [-0.15, -0.1) is 0 Å². The van der Waals surface area contributed by atoms with E-state index in [0.29, 0.717) is 16.8 Å². The molecule has 6 heteroatoms. The summed E-state index contributed by atoms with van der Waals surface area (Å²) in [5.74, 6) is -0.234. The molecule has 2 rings (SSSR count). The summed E-state index contributed by atoms with van der Waals surface area (Å²) in [6.45, 7) is 8.72. The Labute approximate surface area is 147 Å². The van der Waals surface area contributed by atoms with Gasteiger partial charge in [0.1, 0.15) is 0 Å². The molecule has 1 N–H and O–H groups in total. The van der Waals surface area contributed by atoms with E-state index in [9.17, 15) is 14.9 Å². The third-order valence-electron chi connectivity index (χ3n) is 4.17. The van der Waals surface area contributed by atoms with Gasteiger partial charge in [-0.2, -0.15) is 0 Å². The van der Waals surface area contributed by atoms with Crippen molar-refractivity contribution in [1.82, 2.24) is 4.90 Å². The minimum atomic E-state index is -0.435. The number of carbonyl (C=O) groups excluding carboxylic acids is 1. The van der Waals surface area contributed by atoms with Crippen molar-refractivity contribution in [1.29, 1.82) is 0 Å². The van der Waals surface area contributed by atoms with Crippen molar-refractivity contribution in [2.75, 3.05) is 18.4 Å². The number of aryl methyl sites for hydroxylation is 1. The Bertz CT molecular complexity index is 753. The molecule has 0 aliphatic rings. The zero-order valence-electron chi connectivity index (χ0n) is 14.8. The number of carbonyl (C=O) groups is 1. The Morgan fingerprint density at radius 3 is 2.28 bits per heavy atom. The Hall–Kier alpha value is -2.73. The minimum absolute atomic E-state index is 0.0405. The number of hydrogen-bond acceptors (Lipinski definition) is 4. The van der Waals surface area contributed by atoms with Gasteiger partial charge in [0.2, 0.25) is 0 Å². The van der Waals surface area contributed by atoms with Crippen molar-refractivity contribution in [2.45, 2.75) is 27.3 Å². The maximum atomic E-state index is 12.3. The van der Waals surface area contributed by atoms with E-state index < -0.39 is 4.92 Å². The van der Waals surface area contributed by atoms with Crippen LogP contribution < -0.4 is 5.32 Å². The zero-order chi connectivity index (χ0) is 18.4. The van der Waals surface area contributed by atoms with E-state index in [0.717, 1.165) is 25.2 Å². The van der Waals surface area contributed by atoms with Crippen LogP contribution in [-0.2, 0) is 6.54 Å². The van der Waals surface area contributed by atoms with Crippen molar-refractivity contribution in [2.24, 2.45) is 0 Å². The van der Waals surface area contributed by atoms with Crippen LogP contribution >= 0.6 is 0 Å². The number of amides is 1. The normalized spacial score (nSPS) is 10.7. The Morgan fingerprint density at radius 2 is 1.76 bits per heavy atom. The number of nitrogens with one attached hydrogen (secondary N) is 1. The highest BCUT2D eigenvalue weighted by Gasteiger charge is 2.12. The number of nitro benzene ring substituents is 1. The summed E-state index contributed by atoms with van der Waals surface area (Å²) in [6.07, 6.45) is 0. The average Bonchev–Trinajstić information content (AvgIpc) is 2.59. The molecule has 0 unspecified atom stereocenters. The lowest BCUT2D eigenvalue weighted by atomic mass is 10.1. The van der Waals surface area contributed by atoms with E-state index in [1.807, 2.05) is 12.1 Å². The number of benzene rings is 2. The summed E-state index contributed by atoms with van der Waals surface area (Å²) in [7, 11) is 0. The standard InChI is InChI=1S/C19H23N3O3/c1-4-21(5-2)13-15-6-8-16(9-7-15)19(23)20-17-10-11-18(22(24)25)14(3)12-17/h6-12H,4-5,13H2,1-3H3,(H,20,23). The third kappa shape index (κ3) is 4.87. The zero-order valence-corrected chi connectivity index (χ0v) is 14.8. The summed E-state index contributed by atoms with van der Waals surface area (Å²) in [6, 6.07) is 12.0. The topological polar surface area (TPSA) is 75.5 Å². The summed E-state index contributed by atoms with van der Waals surface area (Å²) >= 11 is 0. The summed E-state index contributed by atoms with van der Waals surface area (Å²) < 4.78 is 0. The molecule has 2 aromatic carbocycles. The molecule has 0 saturated heterocycles. The van der Waals surface area contributed by atoms with Crippen LogP contribution in [0.15, 0.2) is 42.5 Å². The van der Waals surface area contributed by atoms with E-state index in [1.165, 1.54) is 12.1 Å². The number of rotatable bonds is 7. The molecule has 25 heavy (non-hydrogen) atoms. The highest BCUT2D eigenvalue weighted by molar-refractivity contribution is 6.04. The molecular weight excluding hydrogens is 318 g/mol. The van der Waals surface area contributed by atoms with Gasteiger partial charge in [0.25, 0.3) is 11.6 Å². The van der Waals surface area contributed by atoms with Gasteiger partial charge in [-0.1, -0.05) is 26.0 Å². The minimum Gasteiger partial charge on any atom is -0.322 e. The summed E-state index contributed by atoms with van der Waals surface area (Å²) in [4.78, 5) is 25.0. The van der Waals surface area contributed by atoms with Gasteiger partial charge in [-0.25, -0.2) is 0 Å². The predicted molar refractivity (Wildman–Crippen MR) is 98.9 cm³/mol. The second-order valence-corrected chi connectivity index (χ2v) is 5.87. The molecule has 0 aromatic heterocycles. The van der Waals surface area contributed by atoms with Crippen LogP contribution in [0.5, 0.6) is 0 Å². The second kappa shape index (κ2) is 8.39. The molecule has 0 aliphatic heterocycles. The van der Waals surface area contributed by atoms with Crippen molar-refractivity contribution >= 4 is 17.3 Å². The molecule has 0 atom stereocenters. The highest BCUT2D eigenvalue weighted by Crippen LogP contribution is 2.22. The molecule has 2 aromatic rings. The SMILES string of the molecule is CCN(CC)Cc1ccc(C(=O)Nc2ccc([N+](=O)[O-])c(C)c2)cc1.